The first-order valence-corrected chi connectivity index (χ1v) is 14.2. The molecule has 0 bridgehead atoms. The van der Waals surface area contributed by atoms with Gasteiger partial charge in [0.2, 0.25) is 5.91 Å². The molecule has 1 fully saturated rings. The largest absolute Gasteiger partial charge is 0.352 e. The zero-order chi connectivity index (χ0) is 31.6. The monoisotopic (exact) mass is 600 g/mol. The van der Waals surface area contributed by atoms with E-state index in [2.05, 4.69) is 5.32 Å². The van der Waals surface area contributed by atoms with Crippen molar-refractivity contribution in [2.45, 2.75) is 24.4 Å². The number of nitrogens with zero attached hydrogens (tertiary/aromatic N) is 3. The maximum Gasteiger partial charge on any atom is 0.270 e. The van der Waals surface area contributed by atoms with Gasteiger partial charge >= 0.3 is 0 Å². The molecule has 3 aliphatic heterocycles. The highest BCUT2D eigenvalue weighted by molar-refractivity contribution is 6.18. The van der Waals surface area contributed by atoms with Crippen LogP contribution in [0.2, 0.25) is 0 Å². The second-order valence-corrected chi connectivity index (χ2v) is 11.4. The van der Waals surface area contributed by atoms with Gasteiger partial charge in [0.05, 0.1) is 21.8 Å². The van der Waals surface area contributed by atoms with Gasteiger partial charge in [-0.2, -0.15) is 0 Å². The van der Waals surface area contributed by atoms with Crippen molar-refractivity contribution in [1.82, 2.24) is 0 Å². The van der Waals surface area contributed by atoms with Crippen LogP contribution in [-0.4, -0.2) is 39.4 Å². The minimum absolute atomic E-state index is 0.0129. The van der Waals surface area contributed by atoms with Gasteiger partial charge in [-0.05, 0) is 42.3 Å². The number of rotatable bonds is 6. The van der Waals surface area contributed by atoms with Crippen LogP contribution < -0.4 is 10.2 Å². The normalized spacial score (nSPS) is 22.6. The van der Waals surface area contributed by atoms with Gasteiger partial charge in [0.1, 0.15) is 11.5 Å². The molecule has 3 aliphatic rings. The number of nitrogens with one attached hydrogen (secondary N) is 1. The predicted octanol–water partition coefficient (Wildman–Crippen LogP) is 5.75. The second-order valence-electron chi connectivity index (χ2n) is 11.4. The number of ketones is 2. The molecular weight excluding hydrogens is 576 g/mol. The van der Waals surface area contributed by atoms with Crippen molar-refractivity contribution in [3.63, 3.8) is 0 Å². The van der Waals surface area contributed by atoms with E-state index in [4.69, 9.17) is 0 Å². The van der Waals surface area contributed by atoms with E-state index in [1.807, 2.05) is 42.2 Å². The molecular formula is C34H24N4O7. The van der Waals surface area contributed by atoms with Gasteiger partial charge in [-0.3, -0.25) is 34.6 Å². The number of hydrogen-bond donors (Lipinski definition) is 1. The number of para-hydroxylation sites is 2. The van der Waals surface area contributed by atoms with Crippen LogP contribution in [0.5, 0.6) is 0 Å². The number of Topliss-reactive ketones (excluding diaryl/α,β-unsaturated/α-hetero) is 2. The van der Waals surface area contributed by atoms with Crippen molar-refractivity contribution >= 4 is 45.8 Å². The van der Waals surface area contributed by atoms with Crippen molar-refractivity contribution in [2.75, 3.05) is 10.2 Å². The molecule has 222 valence electrons. The summed E-state index contributed by atoms with van der Waals surface area (Å²) < 4.78 is 0. The number of hydrogen-bond acceptors (Lipinski definition) is 8. The minimum Gasteiger partial charge on any atom is -0.352 e. The van der Waals surface area contributed by atoms with E-state index < -0.39 is 50.7 Å². The Morgan fingerprint density at radius 1 is 0.800 bits per heavy atom. The maximum atomic E-state index is 14.9. The quantitative estimate of drug-likeness (QED) is 0.167. The maximum absolute atomic E-state index is 14.9. The van der Waals surface area contributed by atoms with Crippen LogP contribution in [0.4, 0.5) is 22.7 Å². The van der Waals surface area contributed by atoms with Gasteiger partial charge in [-0.1, -0.05) is 54.6 Å². The third-order valence-corrected chi connectivity index (χ3v) is 9.14. The number of anilines is 2. The molecule has 1 spiro atoms. The van der Waals surface area contributed by atoms with Crippen LogP contribution in [0.25, 0.3) is 5.57 Å². The van der Waals surface area contributed by atoms with Crippen molar-refractivity contribution in [1.29, 1.82) is 0 Å². The highest BCUT2D eigenvalue weighted by Crippen LogP contribution is 2.58. The van der Waals surface area contributed by atoms with Crippen LogP contribution >= 0.6 is 0 Å². The number of fused-ring (bicyclic) bond motifs is 6. The summed E-state index contributed by atoms with van der Waals surface area (Å²) in [5.41, 5.74) is 1.36. The Labute approximate surface area is 256 Å². The Hall–Kier alpha value is -5.97. The van der Waals surface area contributed by atoms with Crippen molar-refractivity contribution in [3.05, 3.63) is 146 Å². The summed E-state index contributed by atoms with van der Waals surface area (Å²) in [4.78, 5) is 67.7. The number of non-ortho nitro benzene ring substituents is 2. The van der Waals surface area contributed by atoms with Crippen LogP contribution in [0.3, 0.4) is 0 Å². The molecule has 11 nitrogen and oxygen atoms in total. The lowest BCUT2D eigenvalue weighted by molar-refractivity contribution is -0.385. The zero-order valence-corrected chi connectivity index (χ0v) is 23.7. The van der Waals surface area contributed by atoms with Gasteiger partial charge in [0.25, 0.3) is 11.4 Å². The summed E-state index contributed by atoms with van der Waals surface area (Å²) in [6.45, 7) is 1.91. The van der Waals surface area contributed by atoms with Gasteiger partial charge in [0.15, 0.2) is 11.6 Å². The molecule has 0 unspecified atom stereocenters. The SMILES string of the molecule is CC1=C[C@@H]2N(c3ccccc31)[C@H](C(=O)c1ccc([N+](=O)[O-])cc1)[C@H](C(=O)c1cccc([N+](=O)[O-])c1)[C@@]21C(=O)Nc2ccccc21. The Morgan fingerprint density at radius 2 is 1.49 bits per heavy atom. The fourth-order valence-corrected chi connectivity index (χ4v) is 7.26. The first-order chi connectivity index (χ1) is 21.6. The fraction of sp³-hybridized carbons (Fsp3) is 0.147. The van der Waals surface area contributed by atoms with Crippen molar-refractivity contribution in [2.24, 2.45) is 5.92 Å². The molecule has 7 rings (SSSR count). The third-order valence-electron chi connectivity index (χ3n) is 9.14. The molecule has 3 heterocycles. The first kappa shape index (κ1) is 27.8. The van der Waals surface area contributed by atoms with Gasteiger partial charge in [-0.25, -0.2) is 0 Å². The van der Waals surface area contributed by atoms with Crippen LogP contribution in [0.1, 0.15) is 38.8 Å². The first-order valence-electron chi connectivity index (χ1n) is 14.2. The average Bonchev–Trinajstić information content (AvgIpc) is 3.52. The number of allylic oxidation sites excluding steroid dienone is 1. The van der Waals surface area contributed by atoms with Crippen LogP contribution in [0.15, 0.2) is 103 Å². The molecule has 4 atom stereocenters. The number of nitro benzene ring substituents is 2. The van der Waals surface area contributed by atoms with Gasteiger partial charge in [-0.15, -0.1) is 0 Å². The Bertz CT molecular complexity index is 2000. The molecule has 0 aromatic heterocycles. The smallest absolute Gasteiger partial charge is 0.270 e. The Kier molecular flexibility index (Phi) is 6.22. The molecule has 1 N–H and O–H groups in total. The summed E-state index contributed by atoms with van der Waals surface area (Å²) in [5.74, 6) is -2.93. The standard InChI is InChI=1S/C34H24N4O7/c1-19-17-28-34(25-10-3-4-11-26(25)35-33(34)41)29(31(39)21-7-6-8-23(18-21)38(44)45)30(36(28)27-12-5-2-9-24(19)27)32(40)20-13-15-22(16-14-20)37(42)43/h2-18,28-30H,1H3,(H,35,41)/t28-,29+,30-,34-/m0/s1. The molecule has 45 heavy (non-hydrogen) atoms. The molecule has 0 saturated carbocycles. The molecule has 4 aromatic rings. The average molecular weight is 601 g/mol. The number of carbonyl (C=O) groups is 3. The minimum atomic E-state index is -1.60. The summed E-state index contributed by atoms with van der Waals surface area (Å²) in [6, 6.07) is 22.8. The zero-order valence-electron chi connectivity index (χ0n) is 23.7. The van der Waals surface area contributed by atoms with E-state index in [0.29, 0.717) is 16.9 Å². The highest BCUT2D eigenvalue weighted by atomic mass is 16.6. The van der Waals surface area contributed by atoms with Gasteiger partial charge < -0.3 is 10.2 Å². The van der Waals surface area contributed by atoms with E-state index >= 15 is 0 Å². The van der Waals surface area contributed by atoms with E-state index in [1.165, 1.54) is 42.5 Å². The molecule has 0 radical (unpaired) electrons. The van der Waals surface area contributed by atoms with E-state index in [1.54, 1.807) is 24.3 Å². The molecule has 0 aliphatic carbocycles. The summed E-state index contributed by atoms with van der Waals surface area (Å²) in [7, 11) is 0. The number of nitro groups is 2. The lowest BCUT2D eigenvalue weighted by atomic mass is 9.64. The van der Waals surface area contributed by atoms with E-state index in [-0.39, 0.29) is 22.5 Å². The highest BCUT2D eigenvalue weighted by Gasteiger charge is 2.70. The van der Waals surface area contributed by atoms with Crippen LogP contribution in [-0.2, 0) is 10.2 Å². The summed E-state index contributed by atoms with van der Waals surface area (Å²) in [6.07, 6.45) is 1.90. The van der Waals surface area contributed by atoms with Crippen LogP contribution in [0, 0.1) is 26.1 Å². The second kappa shape index (κ2) is 10.1. The van der Waals surface area contributed by atoms with Gasteiger partial charge in [0, 0.05) is 52.3 Å². The summed E-state index contributed by atoms with van der Waals surface area (Å²) >= 11 is 0. The molecule has 4 aromatic carbocycles. The Morgan fingerprint density at radius 3 is 2.22 bits per heavy atom. The number of carbonyl (C=O) groups excluding carboxylic acids is 3. The van der Waals surface area contributed by atoms with E-state index in [9.17, 15) is 34.6 Å². The summed E-state index contributed by atoms with van der Waals surface area (Å²) in [5, 5.41) is 26.0. The number of amides is 1. The fourth-order valence-electron chi connectivity index (χ4n) is 7.26. The molecule has 11 heteroatoms. The molecule has 1 amide bonds. The number of benzene rings is 4. The van der Waals surface area contributed by atoms with Crippen molar-refractivity contribution in [3.8, 4) is 0 Å². The topological polar surface area (TPSA) is 153 Å². The third kappa shape index (κ3) is 3.93. The lowest BCUT2D eigenvalue weighted by Crippen LogP contribution is -2.51. The van der Waals surface area contributed by atoms with E-state index in [0.717, 1.165) is 17.2 Å². The lowest BCUT2D eigenvalue weighted by Gasteiger charge is -2.39. The van der Waals surface area contributed by atoms with Crippen molar-refractivity contribution < 1.29 is 24.2 Å². The predicted molar refractivity (Wildman–Crippen MR) is 165 cm³/mol. The molecule has 1 saturated heterocycles. The Balaban J connectivity index is 1.53.